The molecule has 1 N–H and O–H groups in total. The van der Waals surface area contributed by atoms with E-state index in [0.29, 0.717) is 29.9 Å². The third-order valence-corrected chi connectivity index (χ3v) is 6.73. The topological polar surface area (TPSA) is 79.4 Å². The minimum absolute atomic E-state index is 0.170. The van der Waals surface area contributed by atoms with Gasteiger partial charge in [-0.3, -0.25) is 14.1 Å². The Morgan fingerprint density at radius 2 is 1.82 bits per heavy atom. The fraction of sp³-hybridized carbons (Fsp3) is 0.238. The lowest BCUT2D eigenvalue weighted by molar-refractivity contribution is 0.102. The van der Waals surface area contributed by atoms with Crippen molar-refractivity contribution in [2.75, 3.05) is 21.9 Å². The third-order valence-electron chi connectivity index (χ3n) is 4.86. The van der Waals surface area contributed by atoms with Gasteiger partial charge in [0.2, 0.25) is 10.0 Å². The maximum Gasteiger partial charge on any atom is 0.255 e. The number of benzene rings is 2. The van der Waals surface area contributed by atoms with Crippen molar-refractivity contribution in [2.24, 2.45) is 0 Å². The summed E-state index contributed by atoms with van der Waals surface area (Å²) in [5.74, 6) is -0.0761. The second-order valence-electron chi connectivity index (χ2n) is 6.92. The van der Waals surface area contributed by atoms with E-state index >= 15 is 0 Å². The van der Waals surface area contributed by atoms with Gasteiger partial charge < -0.3 is 5.32 Å². The molecule has 3 aromatic rings. The van der Waals surface area contributed by atoms with Crippen LogP contribution in [0.15, 0.2) is 54.6 Å². The molecular formula is C21H21N3O3S. The van der Waals surface area contributed by atoms with E-state index < -0.39 is 10.0 Å². The standard InChI is InChI=1S/C21H21N3O3S/c1-15-14-20(18-6-2-3-7-19(18)22-15)23-21(25)16-8-10-17(11-9-16)24-12-4-5-13-28(24,26)27/h2-3,6-11,14H,4-5,12-13H2,1H3,(H,22,23,25). The number of hydrogen-bond donors (Lipinski definition) is 1. The molecule has 144 valence electrons. The van der Waals surface area contributed by atoms with Crippen LogP contribution in [0.3, 0.4) is 0 Å². The zero-order valence-electron chi connectivity index (χ0n) is 15.6. The number of nitrogens with one attached hydrogen (secondary N) is 1. The molecule has 1 amide bonds. The molecule has 7 heteroatoms. The van der Waals surface area contributed by atoms with Crippen LogP contribution in [0.1, 0.15) is 28.9 Å². The first-order chi connectivity index (χ1) is 13.4. The van der Waals surface area contributed by atoms with Gasteiger partial charge in [0.05, 0.1) is 22.6 Å². The van der Waals surface area contributed by atoms with Gasteiger partial charge in [0.1, 0.15) is 0 Å². The molecule has 2 aromatic carbocycles. The number of carbonyl (C=O) groups is 1. The summed E-state index contributed by atoms with van der Waals surface area (Å²) in [6, 6.07) is 16.2. The Kier molecular flexibility index (Phi) is 4.77. The number of amides is 1. The van der Waals surface area contributed by atoms with E-state index in [1.165, 1.54) is 4.31 Å². The smallest absolute Gasteiger partial charge is 0.255 e. The van der Waals surface area contributed by atoms with Crippen molar-refractivity contribution in [2.45, 2.75) is 19.8 Å². The monoisotopic (exact) mass is 395 g/mol. The molecule has 1 saturated heterocycles. The molecule has 1 aliphatic rings. The average Bonchev–Trinajstić information content (AvgIpc) is 2.67. The minimum atomic E-state index is -3.26. The fourth-order valence-corrected chi connectivity index (χ4v) is 5.10. The molecule has 1 aliphatic heterocycles. The van der Waals surface area contributed by atoms with E-state index in [1.807, 2.05) is 37.3 Å². The third kappa shape index (κ3) is 3.57. The number of sulfonamides is 1. The van der Waals surface area contributed by atoms with Crippen LogP contribution in [-0.2, 0) is 10.0 Å². The SMILES string of the molecule is Cc1cc(NC(=O)c2ccc(N3CCCCS3(=O)=O)cc2)c2ccccc2n1. The van der Waals surface area contributed by atoms with Crippen molar-refractivity contribution in [3.05, 3.63) is 65.9 Å². The van der Waals surface area contributed by atoms with Crippen LogP contribution in [0.5, 0.6) is 0 Å². The van der Waals surface area contributed by atoms with E-state index in [-0.39, 0.29) is 11.7 Å². The first-order valence-corrected chi connectivity index (χ1v) is 10.8. The lowest BCUT2D eigenvalue weighted by atomic mass is 10.1. The summed E-state index contributed by atoms with van der Waals surface area (Å²) in [7, 11) is -3.26. The highest BCUT2D eigenvalue weighted by molar-refractivity contribution is 7.92. The first kappa shape index (κ1) is 18.4. The second-order valence-corrected chi connectivity index (χ2v) is 8.94. The van der Waals surface area contributed by atoms with E-state index in [1.54, 1.807) is 24.3 Å². The van der Waals surface area contributed by atoms with E-state index in [4.69, 9.17) is 0 Å². The maximum absolute atomic E-state index is 12.7. The summed E-state index contributed by atoms with van der Waals surface area (Å²) in [6.45, 7) is 2.37. The lowest BCUT2D eigenvalue weighted by Crippen LogP contribution is -2.37. The molecule has 2 heterocycles. The highest BCUT2D eigenvalue weighted by atomic mass is 32.2. The number of anilines is 2. The molecule has 0 spiro atoms. The molecular weight excluding hydrogens is 374 g/mol. The van der Waals surface area contributed by atoms with Gasteiger partial charge in [0.25, 0.3) is 5.91 Å². The number of aryl methyl sites for hydroxylation is 1. The minimum Gasteiger partial charge on any atom is -0.321 e. The molecule has 0 saturated carbocycles. The van der Waals surface area contributed by atoms with Gasteiger partial charge in [-0.1, -0.05) is 18.2 Å². The van der Waals surface area contributed by atoms with Gasteiger partial charge in [0, 0.05) is 23.2 Å². The van der Waals surface area contributed by atoms with Crippen molar-refractivity contribution in [1.29, 1.82) is 0 Å². The normalized spacial score (nSPS) is 16.1. The Morgan fingerprint density at radius 1 is 1.07 bits per heavy atom. The second kappa shape index (κ2) is 7.24. The van der Waals surface area contributed by atoms with Gasteiger partial charge in [-0.05, 0) is 56.2 Å². The fourth-order valence-electron chi connectivity index (χ4n) is 3.46. The van der Waals surface area contributed by atoms with Gasteiger partial charge >= 0.3 is 0 Å². The van der Waals surface area contributed by atoms with E-state index in [0.717, 1.165) is 23.0 Å². The van der Waals surface area contributed by atoms with Crippen LogP contribution in [0.25, 0.3) is 10.9 Å². The Bertz CT molecular complexity index is 1140. The Morgan fingerprint density at radius 3 is 2.57 bits per heavy atom. The molecule has 28 heavy (non-hydrogen) atoms. The number of hydrogen-bond acceptors (Lipinski definition) is 4. The maximum atomic E-state index is 12.7. The van der Waals surface area contributed by atoms with E-state index in [9.17, 15) is 13.2 Å². The zero-order valence-corrected chi connectivity index (χ0v) is 16.4. The van der Waals surface area contributed by atoms with E-state index in [2.05, 4.69) is 10.3 Å². The van der Waals surface area contributed by atoms with Crippen LogP contribution in [0.2, 0.25) is 0 Å². The average molecular weight is 395 g/mol. The summed E-state index contributed by atoms with van der Waals surface area (Å²) < 4.78 is 25.9. The summed E-state index contributed by atoms with van der Waals surface area (Å²) in [5.41, 5.74) is 3.41. The lowest BCUT2D eigenvalue weighted by Gasteiger charge is -2.28. The molecule has 1 aromatic heterocycles. The summed E-state index contributed by atoms with van der Waals surface area (Å²) >= 11 is 0. The van der Waals surface area contributed by atoms with Crippen molar-refractivity contribution in [1.82, 2.24) is 4.98 Å². The van der Waals surface area contributed by atoms with Gasteiger partial charge in [-0.15, -0.1) is 0 Å². The number of para-hydroxylation sites is 1. The molecule has 0 atom stereocenters. The number of rotatable bonds is 3. The molecule has 1 fully saturated rings. The van der Waals surface area contributed by atoms with Crippen LogP contribution in [-0.4, -0.2) is 31.6 Å². The van der Waals surface area contributed by atoms with Crippen molar-refractivity contribution < 1.29 is 13.2 Å². The van der Waals surface area contributed by atoms with Crippen molar-refractivity contribution in [3.8, 4) is 0 Å². The molecule has 4 rings (SSSR count). The van der Waals surface area contributed by atoms with Crippen LogP contribution in [0, 0.1) is 6.92 Å². The highest BCUT2D eigenvalue weighted by Crippen LogP contribution is 2.26. The Hall–Kier alpha value is -2.93. The van der Waals surface area contributed by atoms with Gasteiger partial charge in [-0.2, -0.15) is 0 Å². The van der Waals surface area contributed by atoms with Crippen LogP contribution in [0.4, 0.5) is 11.4 Å². The van der Waals surface area contributed by atoms with Gasteiger partial charge in [0.15, 0.2) is 0 Å². The highest BCUT2D eigenvalue weighted by Gasteiger charge is 2.26. The summed E-state index contributed by atoms with van der Waals surface area (Å²) in [4.78, 5) is 17.2. The molecule has 0 bridgehead atoms. The first-order valence-electron chi connectivity index (χ1n) is 9.22. The summed E-state index contributed by atoms with van der Waals surface area (Å²) in [6.07, 6.45) is 1.54. The van der Waals surface area contributed by atoms with Crippen molar-refractivity contribution >= 4 is 38.2 Å². The predicted molar refractivity (Wildman–Crippen MR) is 111 cm³/mol. The number of carbonyl (C=O) groups excluding carboxylic acids is 1. The Balaban J connectivity index is 1.58. The quantitative estimate of drug-likeness (QED) is 0.733. The number of nitrogens with zero attached hydrogens (tertiary/aromatic N) is 2. The number of pyridine rings is 1. The van der Waals surface area contributed by atoms with Crippen LogP contribution < -0.4 is 9.62 Å². The largest absolute Gasteiger partial charge is 0.321 e. The van der Waals surface area contributed by atoms with Crippen molar-refractivity contribution in [3.63, 3.8) is 0 Å². The molecule has 6 nitrogen and oxygen atoms in total. The molecule has 0 unspecified atom stereocenters. The molecule has 0 aliphatic carbocycles. The molecule has 0 radical (unpaired) electrons. The zero-order chi connectivity index (χ0) is 19.7. The van der Waals surface area contributed by atoms with Gasteiger partial charge in [-0.25, -0.2) is 8.42 Å². The predicted octanol–water partition coefficient (Wildman–Crippen LogP) is 3.73. The number of fused-ring (bicyclic) bond motifs is 1. The Labute approximate surface area is 164 Å². The summed E-state index contributed by atoms with van der Waals surface area (Å²) in [5, 5.41) is 3.82. The number of aromatic nitrogens is 1. The van der Waals surface area contributed by atoms with Crippen LogP contribution >= 0.6 is 0 Å².